The molecule has 0 aliphatic carbocycles. The second-order valence-corrected chi connectivity index (χ2v) is 7.88. The van der Waals surface area contributed by atoms with Crippen LogP contribution in [0, 0.1) is 0 Å². The molecule has 0 bridgehead atoms. The number of amides is 1. The fourth-order valence-electron chi connectivity index (χ4n) is 2.94. The summed E-state index contributed by atoms with van der Waals surface area (Å²) in [6, 6.07) is 5.18. The molecule has 2 rings (SSSR count). The largest absolute Gasteiger partial charge is 0.465 e. The van der Waals surface area contributed by atoms with Gasteiger partial charge in [0.15, 0.2) is 0 Å². The van der Waals surface area contributed by atoms with Crippen LogP contribution < -0.4 is 0 Å². The third kappa shape index (κ3) is 3.85. The van der Waals surface area contributed by atoms with Crippen molar-refractivity contribution in [3.8, 4) is 0 Å². The lowest BCUT2D eigenvalue weighted by molar-refractivity contribution is -0.137. The van der Waals surface area contributed by atoms with Gasteiger partial charge in [-0.1, -0.05) is 31.9 Å². The van der Waals surface area contributed by atoms with Gasteiger partial charge in [-0.2, -0.15) is 4.31 Å². The molecule has 0 aromatic heterocycles. The van der Waals surface area contributed by atoms with Crippen molar-refractivity contribution in [2.75, 3.05) is 27.2 Å². The summed E-state index contributed by atoms with van der Waals surface area (Å²) in [5, 5.41) is 0. The summed E-state index contributed by atoms with van der Waals surface area (Å²) in [6.07, 6.45) is 2.06. The van der Waals surface area contributed by atoms with Crippen molar-refractivity contribution in [2.24, 2.45) is 0 Å². The number of carbonyl (C=O) groups is 2. The number of esters is 1. The standard InChI is InChI=1S/C17H24N2O5S/c1-4-5-9-14-16(20)18(2)11-12-19(14)25(22,23)15-10-7-6-8-13(15)17(21)24-3/h6-8,10,14H,4-5,9,11-12H2,1-3H3/t14-/m0/s1. The fourth-order valence-corrected chi connectivity index (χ4v) is 4.73. The van der Waals surface area contributed by atoms with E-state index in [9.17, 15) is 18.0 Å². The molecule has 1 aliphatic heterocycles. The average molecular weight is 368 g/mol. The van der Waals surface area contributed by atoms with Crippen LogP contribution in [0.2, 0.25) is 0 Å². The van der Waals surface area contributed by atoms with E-state index < -0.39 is 22.0 Å². The van der Waals surface area contributed by atoms with Crippen LogP contribution in [0.5, 0.6) is 0 Å². The van der Waals surface area contributed by atoms with E-state index in [0.29, 0.717) is 13.0 Å². The van der Waals surface area contributed by atoms with Crippen LogP contribution in [0.4, 0.5) is 0 Å². The predicted octanol–water partition coefficient (Wildman–Crippen LogP) is 1.49. The highest BCUT2D eigenvalue weighted by Gasteiger charge is 2.41. The Hall–Kier alpha value is -1.93. The first-order valence-electron chi connectivity index (χ1n) is 8.28. The van der Waals surface area contributed by atoms with Crippen LogP contribution in [0.3, 0.4) is 0 Å². The third-order valence-electron chi connectivity index (χ3n) is 4.37. The van der Waals surface area contributed by atoms with Crippen LogP contribution in [0.15, 0.2) is 29.2 Å². The van der Waals surface area contributed by atoms with E-state index >= 15 is 0 Å². The molecule has 0 unspecified atom stereocenters. The Morgan fingerprint density at radius 2 is 1.96 bits per heavy atom. The van der Waals surface area contributed by atoms with E-state index in [1.54, 1.807) is 24.1 Å². The van der Waals surface area contributed by atoms with Crippen LogP contribution in [-0.4, -0.2) is 62.8 Å². The van der Waals surface area contributed by atoms with E-state index in [4.69, 9.17) is 4.74 Å². The number of ether oxygens (including phenoxy) is 1. The first-order valence-corrected chi connectivity index (χ1v) is 9.72. The summed E-state index contributed by atoms with van der Waals surface area (Å²) in [4.78, 5) is 25.9. The van der Waals surface area contributed by atoms with Crippen LogP contribution in [-0.2, 0) is 19.6 Å². The van der Waals surface area contributed by atoms with E-state index in [-0.39, 0.29) is 22.9 Å². The molecule has 0 saturated carbocycles. The van der Waals surface area contributed by atoms with Gasteiger partial charge in [0.1, 0.15) is 6.04 Å². The predicted molar refractivity (Wildman–Crippen MR) is 92.6 cm³/mol. The van der Waals surface area contributed by atoms with Gasteiger partial charge in [0.05, 0.1) is 17.6 Å². The van der Waals surface area contributed by atoms with E-state index in [2.05, 4.69) is 0 Å². The number of carbonyl (C=O) groups excluding carboxylic acids is 2. The Kier molecular flexibility index (Phi) is 6.18. The number of piperazine rings is 1. The zero-order valence-electron chi connectivity index (χ0n) is 14.8. The number of hydrogen-bond donors (Lipinski definition) is 0. The lowest BCUT2D eigenvalue weighted by Gasteiger charge is -2.38. The van der Waals surface area contributed by atoms with Crippen molar-refractivity contribution in [1.82, 2.24) is 9.21 Å². The maximum Gasteiger partial charge on any atom is 0.339 e. The van der Waals surface area contributed by atoms with Crippen molar-refractivity contribution in [1.29, 1.82) is 0 Å². The molecule has 1 amide bonds. The number of rotatable bonds is 6. The van der Waals surface area contributed by atoms with Crippen molar-refractivity contribution in [3.05, 3.63) is 29.8 Å². The quantitative estimate of drug-likeness (QED) is 0.711. The monoisotopic (exact) mass is 368 g/mol. The van der Waals surface area contributed by atoms with Gasteiger partial charge in [0, 0.05) is 20.1 Å². The first kappa shape index (κ1) is 19.4. The molecule has 0 spiro atoms. The van der Waals surface area contributed by atoms with Crippen molar-refractivity contribution >= 4 is 21.9 Å². The highest BCUT2D eigenvalue weighted by atomic mass is 32.2. The van der Waals surface area contributed by atoms with E-state index in [0.717, 1.165) is 12.8 Å². The van der Waals surface area contributed by atoms with Gasteiger partial charge in [-0.25, -0.2) is 13.2 Å². The third-order valence-corrected chi connectivity index (χ3v) is 6.34. The zero-order valence-corrected chi connectivity index (χ0v) is 15.6. The Balaban J connectivity index is 2.47. The molecule has 1 aromatic rings. The molecule has 0 radical (unpaired) electrons. The van der Waals surface area contributed by atoms with Crippen LogP contribution in [0.1, 0.15) is 36.5 Å². The second kappa shape index (κ2) is 7.97. The number of nitrogens with zero attached hydrogens (tertiary/aromatic N) is 2. The molecule has 1 heterocycles. The molecule has 8 heteroatoms. The summed E-state index contributed by atoms with van der Waals surface area (Å²) in [5.74, 6) is -0.927. The minimum atomic E-state index is -4.00. The van der Waals surface area contributed by atoms with Crippen molar-refractivity contribution in [2.45, 2.75) is 37.1 Å². The van der Waals surface area contributed by atoms with E-state index in [1.807, 2.05) is 6.92 Å². The summed E-state index contributed by atoms with van der Waals surface area (Å²) < 4.78 is 32.3. The maximum absolute atomic E-state index is 13.2. The minimum absolute atomic E-state index is 0.0226. The number of methoxy groups -OCH3 is 1. The lowest BCUT2D eigenvalue weighted by Crippen LogP contribution is -2.57. The molecule has 1 aromatic carbocycles. The Morgan fingerprint density at radius 3 is 2.60 bits per heavy atom. The molecule has 1 saturated heterocycles. The smallest absolute Gasteiger partial charge is 0.339 e. The fraction of sp³-hybridized carbons (Fsp3) is 0.529. The number of sulfonamides is 1. The van der Waals surface area contributed by atoms with Gasteiger partial charge >= 0.3 is 5.97 Å². The number of unbranched alkanes of at least 4 members (excludes halogenated alkanes) is 1. The molecular weight excluding hydrogens is 344 g/mol. The molecule has 1 atom stereocenters. The Labute approximate surface area is 148 Å². The highest BCUT2D eigenvalue weighted by molar-refractivity contribution is 7.89. The molecule has 1 fully saturated rings. The molecular formula is C17H24N2O5S. The van der Waals surface area contributed by atoms with Crippen molar-refractivity contribution < 1.29 is 22.7 Å². The highest BCUT2D eigenvalue weighted by Crippen LogP contribution is 2.27. The van der Waals surface area contributed by atoms with E-state index in [1.165, 1.54) is 23.5 Å². The summed E-state index contributed by atoms with van der Waals surface area (Å²) in [7, 11) is -1.12. The molecule has 0 N–H and O–H groups in total. The van der Waals surface area contributed by atoms with Gasteiger partial charge in [-0.15, -0.1) is 0 Å². The Morgan fingerprint density at radius 1 is 1.28 bits per heavy atom. The zero-order chi connectivity index (χ0) is 18.6. The van der Waals surface area contributed by atoms with Gasteiger partial charge in [0.2, 0.25) is 15.9 Å². The topological polar surface area (TPSA) is 84.0 Å². The van der Waals surface area contributed by atoms with Crippen LogP contribution in [0.25, 0.3) is 0 Å². The SMILES string of the molecule is CCCC[C@H]1C(=O)N(C)CCN1S(=O)(=O)c1ccccc1C(=O)OC. The average Bonchev–Trinajstić information content (AvgIpc) is 2.62. The molecule has 7 nitrogen and oxygen atoms in total. The molecule has 25 heavy (non-hydrogen) atoms. The Bertz CT molecular complexity index is 747. The van der Waals surface area contributed by atoms with Gasteiger partial charge in [-0.3, -0.25) is 4.79 Å². The lowest BCUT2D eigenvalue weighted by atomic mass is 10.1. The first-order chi connectivity index (χ1) is 11.8. The van der Waals surface area contributed by atoms with Gasteiger partial charge in [0.25, 0.3) is 0 Å². The molecule has 1 aliphatic rings. The minimum Gasteiger partial charge on any atom is -0.465 e. The molecule has 138 valence electrons. The maximum atomic E-state index is 13.2. The van der Waals surface area contributed by atoms with Gasteiger partial charge in [-0.05, 0) is 18.6 Å². The summed E-state index contributed by atoms with van der Waals surface area (Å²) >= 11 is 0. The number of benzene rings is 1. The summed E-state index contributed by atoms with van der Waals surface area (Å²) in [6.45, 7) is 2.51. The van der Waals surface area contributed by atoms with Gasteiger partial charge < -0.3 is 9.64 Å². The second-order valence-electron chi connectivity index (χ2n) is 6.02. The number of likely N-dealkylation sites (N-methyl/N-ethyl adjacent to an activating group) is 1. The van der Waals surface area contributed by atoms with Crippen LogP contribution >= 0.6 is 0 Å². The van der Waals surface area contributed by atoms with Crippen molar-refractivity contribution in [3.63, 3.8) is 0 Å². The number of hydrogen-bond acceptors (Lipinski definition) is 5. The normalized spacial score (nSPS) is 19.1. The summed E-state index contributed by atoms with van der Waals surface area (Å²) in [5.41, 5.74) is -0.0226.